The predicted molar refractivity (Wildman–Crippen MR) is 77.1 cm³/mol. The van der Waals surface area contributed by atoms with Gasteiger partial charge in [0.15, 0.2) is 0 Å². The third kappa shape index (κ3) is 4.76. The van der Waals surface area contributed by atoms with Gasteiger partial charge in [-0.05, 0) is 26.3 Å². The molecule has 6 heteroatoms. The summed E-state index contributed by atoms with van der Waals surface area (Å²) in [5, 5.41) is 13.1. The molecule has 1 saturated heterocycles. The zero-order valence-electron chi connectivity index (χ0n) is 12.9. The summed E-state index contributed by atoms with van der Waals surface area (Å²) in [5.74, 6) is -0.457. The molecule has 0 aromatic carbocycles. The molecule has 1 fully saturated rings. The van der Waals surface area contributed by atoms with Crippen molar-refractivity contribution in [2.24, 2.45) is 5.92 Å². The van der Waals surface area contributed by atoms with Gasteiger partial charge in [-0.25, -0.2) is 0 Å². The summed E-state index contributed by atoms with van der Waals surface area (Å²) in [6.07, 6.45) is -0.643. The van der Waals surface area contributed by atoms with Crippen LogP contribution in [0.1, 0.15) is 27.7 Å². The third-order valence-corrected chi connectivity index (χ3v) is 3.33. The van der Waals surface area contributed by atoms with Crippen LogP contribution in [0.3, 0.4) is 0 Å². The molecule has 1 rings (SSSR count). The average Bonchev–Trinajstić information content (AvgIpc) is 2.34. The lowest BCUT2D eigenvalue weighted by Crippen LogP contribution is -2.58. The van der Waals surface area contributed by atoms with Gasteiger partial charge in [-0.3, -0.25) is 9.59 Å². The van der Waals surface area contributed by atoms with Crippen LogP contribution >= 0.6 is 0 Å². The zero-order valence-corrected chi connectivity index (χ0v) is 12.9. The summed E-state index contributed by atoms with van der Waals surface area (Å²) in [7, 11) is 0. The number of β-amino-alcohol motifs (C(OH)–C–C–N with tert-alkyl or cyclic N) is 1. The fourth-order valence-corrected chi connectivity index (χ4v) is 2.21. The predicted octanol–water partition coefficient (Wildman–Crippen LogP) is -0.328. The number of aliphatic hydroxyl groups excluding tert-OH is 1. The standard InChI is InChI=1S/C14H27N3O3/c1-10(2)7-15-8-12(18)9-16-5-6-17(11(3)4)14(20)13(16)19/h10-12,15,18H,5-9H2,1-4H3. The van der Waals surface area contributed by atoms with E-state index in [0.717, 1.165) is 6.54 Å². The minimum absolute atomic E-state index is 0.0335. The number of carbonyl (C=O) groups is 2. The molecule has 0 bridgehead atoms. The largest absolute Gasteiger partial charge is 0.390 e. The van der Waals surface area contributed by atoms with E-state index in [1.54, 1.807) is 4.90 Å². The molecule has 2 N–H and O–H groups in total. The topological polar surface area (TPSA) is 72.9 Å². The number of aliphatic hydroxyl groups is 1. The molecule has 0 aromatic heterocycles. The van der Waals surface area contributed by atoms with Crippen molar-refractivity contribution >= 4 is 11.8 Å². The van der Waals surface area contributed by atoms with Crippen LogP contribution in [0.5, 0.6) is 0 Å². The molecule has 1 heterocycles. The Hall–Kier alpha value is -1.14. The highest BCUT2D eigenvalue weighted by molar-refractivity contribution is 6.35. The highest BCUT2D eigenvalue weighted by atomic mass is 16.3. The number of piperazine rings is 1. The molecule has 6 nitrogen and oxygen atoms in total. The quantitative estimate of drug-likeness (QED) is 0.628. The molecule has 0 radical (unpaired) electrons. The Balaban J connectivity index is 2.41. The first kappa shape index (κ1) is 16.9. The van der Waals surface area contributed by atoms with Crippen LogP contribution in [0.25, 0.3) is 0 Å². The minimum Gasteiger partial charge on any atom is -0.390 e. The number of nitrogens with zero attached hydrogens (tertiary/aromatic N) is 2. The van der Waals surface area contributed by atoms with E-state index < -0.39 is 17.9 Å². The average molecular weight is 285 g/mol. The van der Waals surface area contributed by atoms with Gasteiger partial charge in [-0.15, -0.1) is 0 Å². The zero-order chi connectivity index (χ0) is 15.3. The summed E-state index contributed by atoms with van der Waals surface area (Å²) in [6.45, 7) is 10.5. The lowest BCUT2D eigenvalue weighted by Gasteiger charge is -2.36. The number of amides is 2. The maximum atomic E-state index is 12.0. The molecule has 0 aromatic rings. The molecule has 1 atom stereocenters. The van der Waals surface area contributed by atoms with Crippen molar-refractivity contribution in [3.63, 3.8) is 0 Å². The second-order valence-electron chi connectivity index (χ2n) is 6.05. The van der Waals surface area contributed by atoms with Crippen molar-refractivity contribution in [2.75, 3.05) is 32.7 Å². The fourth-order valence-electron chi connectivity index (χ4n) is 2.21. The van der Waals surface area contributed by atoms with Crippen LogP contribution in [0.15, 0.2) is 0 Å². The number of rotatable bonds is 7. The molecular formula is C14H27N3O3. The molecule has 0 spiro atoms. The molecule has 0 aliphatic carbocycles. The molecule has 1 aliphatic heterocycles. The first-order chi connectivity index (χ1) is 9.32. The van der Waals surface area contributed by atoms with Crippen molar-refractivity contribution in [2.45, 2.75) is 39.8 Å². The minimum atomic E-state index is -0.643. The maximum absolute atomic E-state index is 12.0. The smallest absolute Gasteiger partial charge is 0.312 e. The lowest BCUT2D eigenvalue weighted by molar-refractivity contribution is -0.158. The van der Waals surface area contributed by atoms with Gasteiger partial charge in [-0.1, -0.05) is 13.8 Å². The summed E-state index contributed by atoms with van der Waals surface area (Å²) in [4.78, 5) is 26.9. The van der Waals surface area contributed by atoms with Crippen LogP contribution in [-0.2, 0) is 9.59 Å². The summed E-state index contributed by atoms with van der Waals surface area (Å²) >= 11 is 0. The van der Waals surface area contributed by atoms with Crippen molar-refractivity contribution in [3.05, 3.63) is 0 Å². The molecule has 2 amide bonds. The fraction of sp³-hybridized carbons (Fsp3) is 0.857. The highest BCUT2D eigenvalue weighted by Gasteiger charge is 2.34. The number of carbonyl (C=O) groups excluding carboxylic acids is 2. The van der Waals surface area contributed by atoms with Crippen LogP contribution in [0, 0.1) is 5.92 Å². The van der Waals surface area contributed by atoms with Gasteiger partial charge in [0, 0.05) is 32.2 Å². The van der Waals surface area contributed by atoms with E-state index >= 15 is 0 Å². The van der Waals surface area contributed by atoms with Gasteiger partial charge in [-0.2, -0.15) is 0 Å². The molecule has 116 valence electrons. The summed E-state index contributed by atoms with van der Waals surface area (Å²) in [5.41, 5.74) is 0. The molecular weight excluding hydrogens is 258 g/mol. The van der Waals surface area contributed by atoms with E-state index in [9.17, 15) is 14.7 Å². The van der Waals surface area contributed by atoms with E-state index in [1.807, 2.05) is 13.8 Å². The Labute approximate surface area is 121 Å². The Bertz CT molecular complexity index is 345. The van der Waals surface area contributed by atoms with E-state index in [4.69, 9.17) is 0 Å². The second-order valence-corrected chi connectivity index (χ2v) is 6.05. The Morgan fingerprint density at radius 1 is 1.10 bits per heavy atom. The molecule has 1 unspecified atom stereocenters. The van der Waals surface area contributed by atoms with E-state index in [1.165, 1.54) is 4.90 Å². The number of hydrogen-bond acceptors (Lipinski definition) is 4. The highest BCUT2D eigenvalue weighted by Crippen LogP contribution is 2.09. The number of hydrogen-bond donors (Lipinski definition) is 2. The van der Waals surface area contributed by atoms with Gasteiger partial charge >= 0.3 is 11.8 Å². The van der Waals surface area contributed by atoms with Crippen LogP contribution in [0.4, 0.5) is 0 Å². The summed E-state index contributed by atoms with van der Waals surface area (Å²) in [6, 6.07) is 0.0335. The SMILES string of the molecule is CC(C)CNCC(O)CN1CCN(C(C)C)C(=O)C1=O. The van der Waals surface area contributed by atoms with Crippen molar-refractivity contribution < 1.29 is 14.7 Å². The van der Waals surface area contributed by atoms with Crippen molar-refractivity contribution in [1.82, 2.24) is 15.1 Å². The van der Waals surface area contributed by atoms with E-state index in [0.29, 0.717) is 25.6 Å². The first-order valence-electron chi connectivity index (χ1n) is 7.31. The van der Waals surface area contributed by atoms with Crippen LogP contribution in [0.2, 0.25) is 0 Å². The van der Waals surface area contributed by atoms with Gasteiger partial charge < -0.3 is 20.2 Å². The van der Waals surface area contributed by atoms with E-state index in [-0.39, 0.29) is 12.6 Å². The lowest BCUT2D eigenvalue weighted by atomic mass is 10.2. The second kappa shape index (κ2) is 7.59. The Morgan fingerprint density at radius 3 is 2.30 bits per heavy atom. The molecule has 20 heavy (non-hydrogen) atoms. The third-order valence-electron chi connectivity index (χ3n) is 3.33. The summed E-state index contributed by atoms with van der Waals surface area (Å²) < 4.78 is 0. The van der Waals surface area contributed by atoms with Crippen molar-refractivity contribution in [1.29, 1.82) is 0 Å². The molecule has 0 saturated carbocycles. The van der Waals surface area contributed by atoms with Gasteiger partial charge in [0.25, 0.3) is 0 Å². The monoisotopic (exact) mass is 285 g/mol. The number of nitrogens with one attached hydrogen (secondary N) is 1. The van der Waals surface area contributed by atoms with Crippen molar-refractivity contribution in [3.8, 4) is 0 Å². The Kier molecular flexibility index (Phi) is 6.42. The normalized spacial score (nSPS) is 18.4. The van der Waals surface area contributed by atoms with Gasteiger partial charge in [0.1, 0.15) is 0 Å². The first-order valence-corrected chi connectivity index (χ1v) is 7.31. The van der Waals surface area contributed by atoms with Gasteiger partial charge in [0.05, 0.1) is 6.10 Å². The molecule has 1 aliphatic rings. The van der Waals surface area contributed by atoms with Crippen LogP contribution in [-0.4, -0.2) is 71.6 Å². The van der Waals surface area contributed by atoms with Gasteiger partial charge in [0.2, 0.25) is 0 Å². The van der Waals surface area contributed by atoms with E-state index in [2.05, 4.69) is 19.2 Å². The maximum Gasteiger partial charge on any atom is 0.312 e. The Morgan fingerprint density at radius 2 is 1.75 bits per heavy atom. The van der Waals surface area contributed by atoms with Crippen LogP contribution < -0.4 is 5.32 Å².